The van der Waals surface area contributed by atoms with Crippen LogP contribution in [0.1, 0.15) is 10.4 Å². The molecule has 1 saturated heterocycles. The first-order chi connectivity index (χ1) is 17.3. The molecule has 36 heavy (non-hydrogen) atoms. The first kappa shape index (κ1) is 23.6. The fourth-order valence-electron chi connectivity index (χ4n) is 4.44. The number of carbonyl (C=O) groups is 1. The summed E-state index contributed by atoms with van der Waals surface area (Å²) >= 11 is 0. The number of nitrogens with one attached hydrogen (secondary N) is 1. The van der Waals surface area contributed by atoms with Gasteiger partial charge < -0.3 is 15.1 Å². The largest absolute Gasteiger partial charge is 0.368 e. The van der Waals surface area contributed by atoms with Crippen molar-refractivity contribution in [2.45, 2.75) is 0 Å². The Morgan fingerprint density at radius 1 is 0.639 bits per heavy atom. The molecule has 1 aliphatic heterocycles. The normalized spacial score (nSPS) is 13.8. The summed E-state index contributed by atoms with van der Waals surface area (Å²) in [5.41, 5.74) is 1.05. The summed E-state index contributed by atoms with van der Waals surface area (Å²) in [6.45, 7) is 0.748. The van der Waals surface area contributed by atoms with Crippen LogP contribution in [0.4, 0.5) is 39.0 Å². The Morgan fingerprint density at radius 2 is 1.19 bits per heavy atom. The Labute approximate surface area is 203 Å². The van der Waals surface area contributed by atoms with Crippen molar-refractivity contribution >= 4 is 33.7 Å². The Morgan fingerprint density at radius 3 is 1.86 bits per heavy atom. The monoisotopic (exact) mass is 497 g/mol. The van der Waals surface area contributed by atoms with Crippen molar-refractivity contribution < 1.29 is 26.7 Å². The van der Waals surface area contributed by atoms with Gasteiger partial charge in [0.15, 0.2) is 23.3 Å². The van der Waals surface area contributed by atoms with Gasteiger partial charge in [-0.25, -0.2) is 22.0 Å². The zero-order valence-corrected chi connectivity index (χ0v) is 18.9. The standard InChI is InChI=1S/C27H20F5N3O/c28-21-22(29)24(31)26(25(32)23(21)30)35-14-12-34(13-15-35)18-10-8-17(9-11-18)33-27(36)20-7-3-5-16-4-1-2-6-19(16)20/h1-11H,12-15H2,(H,33,36). The number of benzene rings is 4. The third-order valence-corrected chi connectivity index (χ3v) is 6.31. The Hall–Kier alpha value is -4.14. The number of fused-ring (bicyclic) bond motifs is 1. The number of rotatable bonds is 4. The molecule has 9 heteroatoms. The van der Waals surface area contributed by atoms with Gasteiger partial charge in [0.2, 0.25) is 5.82 Å². The van der Waals surface area contributed by atoms with E-state index in [1.54, 1.807) is 30.3 Å². The van der Waals surface area contributed by atoms with Crippen LogP contribution in [-0.2, 0) is 0 Å². The molecule has 184 valence electrons. The summed E-state index contributed by atoms with van der Waals surface area (Å²) < 4.78 is 68.8. The van der Waals surface area contributed by atoms with E-state index < -0.39 is 34.8 Å². The highest BCUT2D eigenvalue weighted by Gasteiger charge is 2.30. The molecule has 4 nitrogen and oxygen atoms in total. The molecule has 1 amide bonds. The lowest BCUT2D eigenvalue weighted by atomic mass is 10.0. The lowest BCUT2D eigenvalue weighted by molar-refractivity contribution is 0.102. The molecule has 1 aliphatic rings. The van der Waals surface area contributed by atoms with E-state index in [4.69, 9.17) is 0 Å². The molecule has 0 atom stereocenters. The Kier molecular flexibility index (Phi) is 6.22. The van der Waals surface area contributed by atoms with Gasteiger partial charge in [-0.3, -0.25) is 4.79 Å². The maximum Gasteiger partial charge on any atom is 0.256 e. The summed E-state index contributed by atoms with van der Waals surface area (Å²) in [5, 5.41) is 4.70. The third kappa shape index (κ3) is 4.21. The highest BCUT2D eigenvalue weighted by molar-refractivity contribution is 6.12. The molecule has 0 spiro atoms. The van der Waals surface area contributed by atoms with Crippen LogP contribution < -0.4 is 15.1 Å². The van der Waals surface area contributed by atoms with Gasteiger partial charge in [-0.15, -0.1) is 0 Å². The molecule has 5 rings (SSSR count). The maximum atomic E-state index is 14.2. The first-order valence-corrected chi connectivity index (χ1v) is 11.3. The highest BCUT2D eigenvalue weighted by Crippen LogP contribution is 2.31. The van der Waals surface area contributed by atoms with Gasteiger partial charge in [0, 0.05) is 43.1 Å². The highest BCUT2D eigenvalue weighted by atomic mass is 19.2. The molecule has 0 unspecified atom stereocenters. The number of carbonyl (C=O) groups excluding carboxylic acids is 1. The van der Waals surface area contributed by atoms with E-state index in [1.165, 1.54) is 0 Å². The van der Waals surface area contributed by atoms with Crippen LogP contribution in [0, 0.1) is 29.1 Å². The smallest absolute Gasteiger partial charge is 0.256 e. The van der Waals surface area contributed by atoms with E-state index in [0.717, 1.165) is 21.4 Å². The van der Waals surface area contributed by atoms with Crippen LogP contribution in [0.15, 0.2) is 66.7 Å². The fourth-order valence-corrected chi connectivity index (χ4v) is 4.44. The average Bonchev–Trinajstić information content (AvgIpc) is 2.91. The first-order valence-electron chi connectivity index (χ1n) is 11.3. The summed E-state index contributed by atoms with van der Waals surface area (Å²) in [5.74, 6) is -9.96. The fraction of sp³-hybridized carbons (Fsp3) is 0.148. The molecule has 1 N–H and O–H groups in total. The minimum atomic E-state index is -2.17. The van der Waals surface area contributed by atoms with Gasteiger partial charge >= 0.3 is 0 Å². The van der Waals surface area contributed by atoms with Crippen molar-refractivity contribution in [1.82, 2.24) is 0 Å². The van der Waals surface area contributed by atoms with Crippen LogP contribution in [0.5, 0.6) is 0 Å². The number of nitrogens with zero attached hydrogens (tertiary/aromatic N) is 2. The second-order valence-corrected chi connectivity index (χ2v) is 8.42. The van der Waals surface area contributed by atoms with E-state index in [9.17, 15) is 26.7 Å². The molecular formula is C27H20F5N3O. The van der Waals surface area contributed by atoms with Crippen LogP contribution in [0.2, 0.25) is 0 Å². The van der Waals surface area contributed by atoms with E-state index in [2.05, 4.69) is 5.32 Å². The molecule has 0 bridgehead atoms. The Balaban J connectivity index is 1.26. The van der Waals surface area contributed by atoms with Crippen molar-refractivity contribution in [1.29, 1.82) is 0 Å². The van der Waals surface area contributed by atoms with Gasteiger partial charge in [0.05, 0.1) is 0 Å². The van der Waals surface area contributed by atoms with Crippen LogP contribution in [0.25, 0.3) is 10.8 Å². The average molecular weight is 497 g/mol. The molecule has 0 radical (unpaired) electrons. The predicted molar refractivity (Wildman–Crippen MR) is 129 cm³/mol. The van der Waals surface area contributed by atoms with Crippen molar-refractivity contribution in [3.8, 4) is 0 Å². The summed E-state index contributed by atoms with van der Waals surface area (Å²) in [6, 6.07) is 20.2. The van der Waals surface area contributed by atoms with E-state index in [1.807, 2.05) is 41.3 Å². The zero-order chi connectivity index (χ0) is 25.4. The SMILES string of the molecule is O=C(Nc1ccc(N2CCN(c3c(F)c(F)c(F)c(F)c3F)CC2)cc1)c1cccc2ccccc12. The van der Waals surface area contributed by atoms with Crippen LogP contribution in [-0.4, -0.2) is 32.1 Å². The molecule has 1 heterocycles. The van der Waals surface area contributed by atoms with Crippen molar-refractivity contribution in [3.63, 3.8) is 0 Å². The molecule has 4 aromatic rings. The lowest BCUT2D eigenvalue weighted by Gasteiger charge is -2.37. The molecule has 1 fully saturated rings. The quantitative estimate of drug-likeness (QED) is 0.210. The van der Waals surface area contributed by atoms with E-state index in [-0.39, 0.29) is 19.0 Å². The van der Waals surface area contributed by atoms with Crippen molar-refractivity contribution in [3.05, 3.63) is 101 Å². The van der Waals surface area contributed by atoms with Crippen molar-refractivity contribution in [2.75, 3.05) is 41.3 Å². The number of hydrogen-bond acceptors (Lipinski definition) is 3. The summed E-state index contributed by atoms with van der Waals surface area (Å²) in [7, 11) is 0. The van der Waals surface area contributed by atoms with E-state index >= 15 is 0 Å². The zero-order valence-electron chi connectivity index (χ0n) is 18.9. The number of amides is 1. The second-order valence-electron chi connectivity index (χ2n) is 8.42. The van der Waals surface area contributed by atoms with E-state index in [0.29, 0.717) is 24.3 Å². The van der Waals surface area contributed by atoms with Gasteiger partial charge in [-0.05, 0) is 41.1 Å². The molecule has 4 aromatic carbocycles. The lowest BCUT2D eigenvalue weighted by Crippen LogP contribution is -2.47. The molecule has 0 aliphatic carbocycles. The number of hydrogen-bond donors (Lipinski definition) is 1. The van der Waals surface area contributed by atoms with Crippen molar-refractivity contribution in [2.24, 2.45) is 0 Å². The topological polar surface area (TPSA) is 35.6 Å². The Bertz CT molecular complexity index is 1420. The number of piperazine rings is 1. The van der Waals surface area contributed by atoms with Gasteiger partial charge in [-0.2, -0.15) is 0 Å². The number of anilines is 3. The predicted octanol–water partition coefficient (Wildman–Crippen LogP) is 6.11. The summed E-state index contributed by atoms with van der Waals surface area (Å²) in [6.07, 6.45) is 0. The van der Waals surface area contributed by atoms with Gasteiger partial charge in [0.25, 0.3) is 5.91 Å². The second kappa shape index (κ2) is 9.49. The third-order valence-electron chi connectivity index (χ3n) is 6.31. The summed E-state index contributed by atoms with van der Waals surface area (Å²) in [4.78, 5) is 15.9. The maximum absolute atomic E-state index is 14.2. The number of halogens is 5. The minimum Gasteiger partial charge on any atom is -0.368 e. The minimum absolute atomic E-state index is 0.0674. The van der Waals surface area contributed by atoms with Crippen LogP contribution >= 0.6 is 0 Å². The molecule has 0 saturated carbocycles. The molecular weight excluding hydrogens is 477 g/mol. The van der Waals surface area contributed by atoms with Crippen LogP contribution in [0.3, 0.4) is 0 Å². The van der Waals surface area contributed by atoms with Gasteiger partial charge in [-0.1, -0.05) is 36.4 Å². The molecule has 0 aromatic heterocycles. The van der Waals surface area contributed by atoms with Gasteiger partial charge in [0.1, 0.15) is 5.69 Å².